The first-order valence-corrected chi connectivity index (χ1v) is 16.7. The van der Waals surface area contributed by atoms with Gasteiger partial charge in [0.15, 0.2) is 5.84 Å². The molecule has 0 spiro atoms. The van der Waals surface area contributed by atoms with Gasteiger partial charge >= 0.3 is 0 Å². The van der Waals surface area contributed by atoms with Gasteiger partial charge in [-0.2, -0.15) is 0 Å². The molecule has 9 aromatic rings. The molecule has 1 aliphatic rings. The topological polar surface area (TPSA) is 41.7 Å². The van der Waals surface area contributed by atoms with E-state index in [1.54, 1.807) is 0 Å². The van der Waals surface area contributed by atoms with Gasteiger partial charge in [0.05, 0.1) is 11.0 Å². The second kappa shape index (κ2) is 11.0. The Balaban J connectivity index is 1.12. The molecule has 0 bridgehead atoms. The molecule has 0 amide bonds. The minimum absolute atomic E-state index is 0.319. The number of aliphatic imine (C=N–C) groups is 2. The Morgan fingerprint density at radius 1 is 0.469 bits per heavy atom. The van der Waals surface area contributed by atoms with Crippen molar-refractivity contribution in [2.24, 2.45) is 9.98 Å². The number of nitrogens with one attached hydrogen (secondary N) is 1. The summed E-state index contributed by atoms with van der Waals surface area (Å²) in [5, 5.41) is 13.6. The third-order valence-corrected chi connectivity index (χ3v) is 9.83. The van der Waals surface area contributed by atoms with Crippen LogP contribution < -0.4 is 5.32 Å². The molecule has 0 aliphatic carbocycles. The Labute approximate surface area is 283 Å². The first-order valence-electron chi connectivity index (χ1n) is 16.7. The molecule has 1 N–H and O–H groups in total. The molecular formula is C45H30N4. The van der Waals surface area contributed by atoms with E-state index in [1.807, 2.05) is 18.2 Å². The van der Waals surface area contributed by atoms with Crippen molar-refractivity contribution in [3.05, 3.63) is 187 Å². The number of amidine groups is 2. The van der Waals surface area contributed by atoms with Crippen molar-refractivity contribution in [1.82, 2.24) is 9.88 Å². The maximum atomic E-state index is 5.22. The van der Waals surface area contributed by atoms with Crippen molar-refractivity contribution in [3.63, 3.8) is 0 Å². The predicted octanol–water partition coefficient (Wildman–Crippen LogP) is 10.7. The number of para-hydroxylation sites is 1. The quantitative estimate of drug-likeness (QED) is 0.194. The van der Waals surface area contributed by atoms with E-state index >= 15 is 0 Å². The monoisotopic (exact) mass is 626 g/mol. The molecular weight excluding hydrogens is 597 g/mol. The summed E-state index contributed by atoms with van der Waals surface area (Å²) in [4.78, 5) is 10.3. The van der Waals surface area contributed by atoms with Crippen LogP contribution in [-0.4, -0.2) is 16.2 Å². The van der Waals surface area contributed by atoms with Crippen LogP contribution in [0.15, 0.2) is 180 Å². The molecule has 2 heterocycles. The van der Waals surface area contributed by atoms with Crippen LogP contribution in [0.1, 0.15) is 22.9 Å². The summed E-state index contributed by atoms with van der Waals surface area (Å²) in [6.45, 7) is 0. The van der Waals surface area contributed by atoms with Crippen molar-refractivity contribution in [1.29, 1.82) is 0 Å². The number of hydrogen-bond acceptors (Lipinski definition) is 3. The molecule has 0 fully saturated rings. The fourth-order valence-corrected chi connectivity index (χ4v) is 7.55. The second-order valence-corrected chi connectivity index (χ2v) is 12.6. The normalized spacial score (nSPS) is 14.7. The highest BCUT2D eigenvalue weighted by Gasteiger charge is 2.24. The number of aromatic nitrogens is 1. The maximum Gasteiger partial charge on any atom is 0.159 e. The minimum Gasteiger partial charge on any atom is -0.344 e. The van der Waals surface area contributed by atoms with Gasteiger partial charge in [-0.05, 0) is 63.3 Å². The molecule has 0 radical (unpaired) electrons. The van der Waals surface area contributed by atoms with Crippen LogP contribution in [0.25, 0.3) is 59.8 Å². The lowest BCUT2D eigenvalue weighted by Gasteiger charge is -2.25. The molecule has 4 nitrogen and oxygen atoms in total. The smallest absolute Gasteiger partial charge is 0.159 e. The maximum absolute atomic E-state index is 5.22. The zero-order valence-corrected chi connectivity index (χ0v) is 26.6. The standard InChI is InChI=1S/C45H30N4/c1-2-13-30(14-3-1)43-46-44(48-45(47-43)40-28-32-15-5-6-16-34(32)36-18-8-9-19-37(36)40)31-22-25-33(26-23-31)49-41-21-11-10-20-38(41)39-27-24-29-12-4-7-17-35(29)42(39)49/h1-28,45H,(H,46,47,48). The molecule has 1 unspecified atom stereocenters. The fraction of sp³-hybridized carbons (Fsp3) is 0.0222. The highest BCUT2D eigenvalue weighted by Crippen LogP contribution is 2.37. The third kappa shape index (κ3) is 4.45. The Kier molecular flexibility index (Phi) is 6.21. The van der Waals surface area contributed by atoms with E-state index < -0.39 is 0 Å². The second-order valence-electron chi connectivity index (χ2n) is 12.6. The van der Waals surface area contributed by atoms with Gasteiger partial charge in [-0.1, -0.05) is 133 Å². The van der Waals surface area contributed by atoms with Gasteiger partial charge in [0, 0.05) is 38.5 Å². The Hall–Kier alpha value is -6.52. The van der Waals surface area contributed by atoms with E-state index in [0.717, 1.165) is 34.0 Å². The van der Waals surface area contributed by atoms with Crippen molar-refractivity contribution in [2.75, 3.05) is 0 Å². The van der Waals surface area contributed by atoms with Gasteiger partial charge in [-0.15, -0.1) is 0 Å². The van der Waals surface area contributed by atoms with Gasteiger partial charge in [0.2, 0.25) is 0 Å². The summed E-state index contributed by atoms with van der Waals surface area (Å²) in [6, 6.07) is 60.3. The minimum atomic E-state index is -0.319. The van der Waals surface area contributed by atoms with Crippen LogP contribution in [0.3, 0.4) is 0 Å². The van der Waals surface area contributed by atoms with E-state index in [0.29, 0.717) is 0 Å². The number of rotatable bonds is 4. The van der Waals surface area contributed by atoms with E-state index in [9.17, 15) is 0 Å². The van der Waals surface area contributed by atoms with Gasteiger partial charge < -0.3 is 9.88 Å². The van der Waals surface area contributed by atoms with Gasteiger partial charge in [0.1, 0.15) is 12.0 Å². The summed E-state index contributed by atoms with van der Waals surface area (Å²) in [5.41, 5.74) is 6.65. The molecule has 0 saturated heterocycles. The van der Waals surface area contributed by atoms with Crippen LogP contribution in [0.5, 0.6) is 0 Å². The van der Waals surface area contributed by atoms with Gasteiger partial charge in [-0.3, -0.25) is 0 Å². The first kappa shape index (κ1) is 27.6. The van der Waals surface area contributed by atoms with E-state index in [1.165, 1.54) is 54.1 Å². The summed E-state index contributed by atoms with van der Waals surface area (Å²) < 4.78 is 2.40. The Morgan fingerprint density at radius 2 is 1.12 bits per heavy atom. The number of hydrogen-bond donors (Lipinski definition) is 1. The molecule has 1 aromatic heterocycles. The average Bonchev–Trinajstić information content (AvgIpc) is 3.53. The first-order chi connectivity index (χ1) is 24.3. The third-order valence-electron chi connectivity index (χ3n) is 9.83. The molecule has 1 aliphatic heterocycles. The van der Waals surface area contributed by atoms with E-state index in [2.05, 4.69) is 162 Å². The molecule has 1 atom stereocenters. The largest absolute Gasteiger partial charge is 0.344 e. The van der Waals surface area contributed by atoms with Crippen LogP contribution in [0, 0.1) is 0 Å². The number of benzene rings is 8. The van der Waals surface area contributed by atoms with Crippen LogP contribution >= 0.6 is 0 Å². The van der Waals surface area contributed by atoms with Crippen molar-refractivity contribution in [2.45, 2.75) is 6.17 Å². The molecule has 4 heteroatoms. The highest BCUT2D eigenvalue weighted by atomic mass is 15.2. The fourth-order valence-electron chi connectivity index (χ4n) is 7.55. The molecule has 0 saturated carbocycles. The average molecular weight is 627 g/mol. The van der Waals surface area contributed by atoms with Gasteiger partial charge in [0.25, 0.3) is 0 Å². The van der Waals surface area contributed by atoms with Crippen molar-refractivity contribution < 1.29 is 0 Å². The van der Waals surface area contributed by atoms with Crippen molar-refractivity contribution >= 4 is 65.8 Å². The molecule has 49 heavy (non-hydrogen) atoms. The number of fused-ring (bicyclic) bond motifs is 8. The molecule has 230 valence electrons. The van der Waals surface area contributed by atoms with Crippen LogP contribution in [0.4, 0.5) is 0 Å². The van der Waals surface area contributed by atoms with E-state index in [-0.39, 0.29) is 6.17 Å². The molecule has 8 aromatic carbocycles. The SMILES string of the molecule is c1ccc(C2=NC(c3cc4ccccc4c4ccccc34)NC(c3ccc(-n4c5ccccc5c5ccc6ccccc6c54)cc3)=N2)cc1. The van der Waals surface area contributed by atoms with E-state index in [4.69, 9.17) is 9.98 Å². The zero-order chi connectivity index (χ0) is 32.3. The highest BCUT2D eigenvalue weighted by molar-refractivity contribution is 6.19. The lowest BCUT2D eigenvalue weighted by molar-refractivity contribution is 0.680. The summed E-state index contributed by atoms with van der Waals surface area (Å²) >= 11 is 0. The van der Waals surface area contributed by atoms with Gasteiger partial charge in [-0.25, -0.2) is 9.98 Å². The summed E-state index contributed by atoms with van der Waals surface area (Å²) in [5.74, 6) is 1.52. The lowest BCUT2D eigenvalue weighted by atomic mass is 9.95. The van der Waals surface area contributed by atoms with Crippen LogP contribution in [-0.2, 0) is 0 Å². The molecule has 10 rings (SSSR count). The number of nitrogens with zero attached hydrogens (tertiary/aromatic N) is 3. The van der Waals surface area contributed by atoms with Crippen molar-refractivity contribution in [3.8, 4) is 5.69 Å². The Bertz CT molecular complexity index is 2790. The van der Waals surface area contributed by atoms with Crippen LogP contribution in [0.2, 0.25) is 0 Å². The Morgan fingerprint density at radius 3 is 1.94 bits per heavy atom. The lowest BCUT2D eigenvalue weighted by Crippen LogP contribution is -2.33. The predicted molar refractivity (Wildman–Crippen MR) is 205 cm³/mol. The summed E-state index contributed by atoms with van der Waals surface area (Å²) in [6.07, 6.45) is -0.319. The summed E-state index contributed by atoms with van der Waals surface area (Å²) in [7, 11) is 0. The zero-order valence-electron chi connectivity index (χ0n) is 26.6.